The van der Waals surface area contributed by atoms with Gasteiger partial charge in [0, 0.05) is 12.6 Å². The van der Waals surface area contributed by atoms with Gasteiger partial charge in [-0.15, -0.1) is 0 Å². The van der Waals surface area contributed by atoms with Crippen molar-refractivity contribution in [2.24, 2.45) is 0 Å². The molecular weight excluding hydrogens is 261 g/mol. The number of anilines is 1. The van der Waals surface area contributed by atoms with Crippen LogP contribution in [0.15, 0.2) is 12.1 Å². The summed E-state index contributed by atoms with van der Waals surface area (Å²) in [7, 11) is 0. The maximum atomic E-state index is 12.6. The zero-order valence-electron chi connectivity index (χ0n) is 10.8. The quantitative estimate of drug-likeness (QED) is 0.918. The molecule has 0 aliphatic carbocycles. The van der Waals surface area contributed by atoms with Gasteiger partial charge >= 0.3 is 12.1 Å². The van der Waals surface area contributed by atoms with Crippen LogP contribution in [-0.2, 0) is 6.18 Å². The number of nitrogens with zero attached hydrogens (tertiary/aromatic N) is 2. The normalized spacial score (nSPS) is 11.7. The summed E-state index contributed by atoms with van der Waals surface area (Å²) in [5.41, 5.74) is -1.32. The third-order valence-corrected chi connectivity index (χ3v) is 2.63. The van der Waals surface area contributed by atoms with Gasteiger partial charge < -0.3 is 10.0 Å². The predicted octanol–water partition coefficient (Wildman–Crippen LogP) is 3.03. The number of carboxylic acid groups (broad SMARTS) is 1. The second-order valence-corrected chi connectivity index (χ2v) is 4.25. The number of pyridine rings is 1. The van der Waals surface area contributed by atoms with E-state index in [4.69, 9.17) is 5.11 Å². The van der Waals surface area contributed by atoms with Gasteiger partial charge in [0.25, 0.3) is 0 Å². The number of carboxylic acids is 1. The van der Waals surface area contributed by atoms with Gasteiger partial charge in [0.1, 0.15) is 17.1 Å². The zero-order chi connectivity index (χ0) is 14.8. The standard InChI is InChI=1S/C12H15F3N2O2/c1-4-17(7(2)3)10-8(11(18)19)5-6-9(16-10)12(13,14)15/h5-7H,4H2,1-3H3,(H,18,19). The predicted molar refractivity (Wildman–Crippen MR) is 64.4 cm³/mol. The van der Waals surface area contributed by atoms with Gasteiger partial charge in [-0.1, -0.05) is 0 Å². The van der Waals surface area contributed by atoms with Crippen molar-refractivity contribution in [1.29, 1.82) is 0 Å². The summed E-state index contributed by atoms with van der Waals surface area (Å²) in [6, 6.07) is 1.47. The van der Waals surface area contributed by atoms with Crippen molar-refractivity contribution < 1.29 is 23.1 Å². The lowest BCUT2D eigenvalue weighted by atomic mass is 10.2. The van der Waals surface area contributed by atoms with Crippen LogP contribution in [0.3, 0.4) is 0 Å². The molecule has 4 nitrogen and oxygen atoms in total. The first kappa shape index (κ1) is 15.3. The smallest absolute Gasteiger partial charge is 0.433 e. The van der Waals surface area contributed by atoms with E-state index >= 15 is 0 Å². The molecule has 1 heterocycles. The molecule has 1 aromatic heterocycles. The van der Waals surface area contributed by atoms with E-state index in [-0.39, 0.29) is 17.4 Å². The fraction of sp³-hybridized carbons (Fsp3) is 0.500. The lowest BCUT2D eigenvalue weighted by Gasteiger charge is -2.28. The van der Waals surface area contributed by atoms with Crippen LogP contribution in [0.4, 0.5) is 19.0 Å². The Morgan fingerprint density at radius 3 is 2.37 bits per heavy atom. The van der Waals surface area contributed by atoms with E-state index in [2.05, 4.69) is 4.98 Å². The first-order valence-electron chi connectivity index (χ1n) is 5.76. The fourth-order valence-electron chi connectivity index (χ4n) is 1.75. The van der Waals surface area contributed by atoms with E-state index in [1.54, 1.807) is 20.8 Å². The molecule has 19 heavy (non-hydrogen) atoms. The largest absolute Gasteiger partial charge is 0.478 e. The SMILES string of the molecule is CCN(c1nc(C(F)(F)F)ccc1C(=O)O)C(C)C. The van der Waals surface area contributed by atoms with Gasteiger partial charge in [-0.3, -0.25) is 0 Å². The Morgan fingerprint density at radius 1 is 1.42 bits per heavy atom. The van der Waals surface area contributed by atoms with Gasteiger partial charge in [-0.25, -0.2) is 9.78 Å². The van der Waals surface area contributed by atoms with Crippen LogP contribution in [0.5, 0.6) is 0 Å². The fourth-order valence-corrected chi connectivity index (χ4v) is 1.75. The van der Waals surface area contributed by atoms with Crippen molar-refractivity contribution in [3.05, 3.63) is 23.4 Å². The monoisotopic (exact) mass is 276 g/mol. The molecule has 0 atom stereocenters. The summed E-state index contributed by atoms with van der Waals surface area (Å²) in [6.07, 6.45) is -4.60. The minimum Gasteiger partial charge on any atom is -0.478 e. The summed E-state index contributed by atoms with van der Waals surface area (Å²) in [5.74, 6) is -1.45. The summed E-state index contributed by atoms with van der Waals surface area (Å²) < 4.78 is 37.9. The topological polar surface area (TPSA) is 53.4 Å². The maximum absolute atomic E-state index is 12.6. The van der Waals surface area contributed by atoms with E-state index in [0.717, 1.165) is 6.07 Å². The average Bonchev–Trinajstić information content (AvgIpc) is 2.27. The Hall–Kier alpha value is -1.79. The summed E-state index contributed by atoms with van der Waals surface area (Å²) in [4.78, 5) is 16.1. The van der Waals surface area contributed by atoms with Gasteiger partial charge in [-0.05, 0) is 32.9 Å². The molecule has 1 N–H and O–H groups in total. The number of aromatic nitrogens is 1. The molecule has 0 saturated heterocycles. The molecule has 7 heteroatoms. The molecule has 106 valence electrons. The number of rotatable bonds is 4. The highest BCUT2D eigenvalue weighted by Gasteiger charge is 2.34. The van der Waals surface area contributed by atoms with Crippen molar-refractivity contribution in [3.8, 4) is 0 Å². The number of alkyl halides is 3. The van der Waals surface area contributed by atoms with E-state index in [9.17, 15) is 18.0 Å². The molecule has 1 aromatic rings. The minimum absolute atomic E-state index is 0.153. The second kappa shape index (κ2) is 5.46. The van der Waals surface area contributed by atoms with Gasteiger partial charge in [-0.2, -0.15) is 13.2 Å². The first-order valence-corrected chi connectivity index (χ1v) is 5.76. The number of hydrogen-bond donors (Lipinski definition) is 1. The molecule has 0 unspecified atom stereocenters. The van der Waals surface area contributed by atoms with Gasteiger partial charge in [0.05, 0.1) is 0 Å². The van der Waals surface area contributed by atoms with Crippen LogP contribution in [0.2, 0.25) is 0 Å². The van der Waals surface area contributed by atoms with Crippen molar-refractivity contribution in [3.63, 3.8) is 0 Å². The van der Waals surface area contributed by atoms with Crippen LogP contribution in [0.1, 0.15) is 36.8 Å². The third kappa shape index (κ3) is 3.36. The molecule has 1 rings (SSSR count). The third-order valence-electron chi connectivity index (χ3n) is 2.63. The average molecular weight is 276 g/mol. The molecule has 0 fully saturated rings. The van der Waals surface area contributed by atoms with Crippen LogP contribution >= 0.6 is 0 Å². The number of aromatic carboxylic acids is 1. The molecule has 0 saturated carbocycles. The molecule has 0 aliphatic heterocycles. The van der Waals surface area contributed by atoms with Gasteiger partial charge in [0.15, 0.2) is 0 Å². The molecular formula is C12H15F3N2O2. The highest BCUT2D eigenvalue weighted by Crippen LogP contribution is 2.31. The van der Waals surface area contributed by atoms with Crippen LogP contribution in [0, 0.1) is 0 Å². The Kier molecular flexibility index (Phi) is 4.39. The molecule has 0 amide bonds. The van der Waals surface area contributed by atoms with E-state index in [0.29, 0.717) is 12.6 Å². The van der Waals surface area contributed by atoms with Crippen molar-refractivity contribution in [1.82, 2.24) is 4.98 Å². The Morgan fingerprint density at radius 2 is 2.00 bits per heavy atom. The van der Waals surface area contributed by atoms with E-state index in [1.807, 2.05) is 0 Å². The Bertz CT molecular complexity index is 473. The molecule has 0 radical (unpaired) electrons. The summed E-state index contributed by atoms with van der Waals surface area (Å²) in [5, 5.41) is 9.04. The van der Waals surface area contributed by atoms with Crippen molar-refractivity contribution in [2.45, 2.75) is 33.0 Å². The van der Waals surface area contributed by atoms with Crippen LogP contribution in [0.25, 0.3) is 0 Å². The molecule has 0 bridgehead atoms. The lowest BCUT2D eigenvalue weighted by molar-refractivity contribution is -0.141. The Labute approximate surface area is 108 Å². The lowest BCUT2D eigenvalue weighted by Crippen LogP contribution is -2.33. The molecule has 0 aliphatic rings. The minimum atomic E-state index is -4.60. The molecule has 0 spiro atoms. The van der Waals surface area contributed by atoms with Crippen LogP contribution < -0.4 is 4.90 Å². The highest BCUT2D eigenvalue weighted by atomic mass is 19.4. The van der Waals surface area contributed by atoms with Crippen molar-refractivity contribution >= 4 is 11.8 Å². The summed E-state index contributed by atoms with van der Waals surface area (Å²) >= 11 is 0. The van der Waals surface area contributed by atoms with Crippen LogP contribution in [-0.4, -0.2) is 28.6 Å². The van der Waals surface area contributed by atoms with Crippen molar-refractivity contribution in [2.75, 3.05) is 11.4 Å². The Balaban J connectivity index is 3.42. The highest BCUT2D eigenvalue weighted by molar-refractivity contribution is 5.93. The number of halogens is 3. The maximum Gasteiger partial charge on any atom is 0.433 e. The second-order valence-electron chi connectivity index (χ2n) is 4.25. The molecule has 0 aromatic carbocycles. The zero-order valence-corrected chi connectivity index (χ0v) is 10.8. The summed E-state index contributed by atoms with van der Waals surface area (Å²) in [6.45, 7) is 5.62. The van der Waals surface area contributed by atoms with E-state index < -0.39 is 17.8 Å². The van der Waals surface area contributed by atoms with E-state index in [1.165, 1.54) is 4.90 Å². The number of hydrogen-bond acceptors (Lipinski definition) is 3. The van der Waals surface area contributed by atoms with Gasteiger partial charge in [0.2, 0.25) is 0 Å². The number of carbonyl (C=O) groups is 1. The first-order chi connectivity index (χ1) is 8.68.